The van der Waals surface area contributed by atoms with Gasteiger partial charge < -0.3 is 0 Å². The zero-order valence-electron chi connectivity index (χ0n) is 9.63. The molecule has 0 aliphatic carbocycles. The predicted octanol–water partition coefficient (Wildman–Crippen LogP) is 3.27. The van der Waals surface area contributed by atoms with Crippen molar-refractivity contribution in [3.8, 4) is 11.1 Å². The van der Waals surface area contributed by atoms with E-state index in [2.05, 4.69) is 9.97 Å². The molecule has 2 rings (SSSR count). The summed E-state index contributed by atoms with van der Waals surface area (Å²) in [6.07, 6.45) is 3.92. The lowest BCUT2D eigenvalue weighted by Gasteiger charge is -2.07. The van der Waals surface area contributed by atoms with E-state index in [1.165, 1.54) is 6.07 Å². The molecule has 2 heterocycles. The van der Waals surface area contributed by atoms with E-state index in [0.29, 0.717) is 6.42 Å². The van der Waals surface area contributed by atoms with Gasteiger partial charge in [0.1, 0.15) is 0 Å². The molecule has 18 heavy (non-hydrogen) atoms. The smallest absolute Gasteiger partial charge is 0.265 e. The van der Waals surface area contributed by atoms with Crippen molar-refractivity contribution >= 4 is 17.3 Å². The summed E-state index contributed by atoms with van der Waals surface area (Å²) in [6.45, 7) is 1.93. The molecule has 0 aromatic carbocycles. The molecule has 0 N–H and O–H groups in total. The van der Waals surface area contributed by atoms with Crippen LogP contribution in [0.4, 0.5) is 5.69 Å². The lowest BCUT2D eigenvalue weighted by molar-refractivity contribution is -0.385. The maximum absolute atomic E-state index is 10.9. The molecule has 0 aliphatic heterocycles. The molecule has 0 saturated carbocycles. The normalized spacial score (nSPS) is 10.3. The number of aromatic nitrogens is 2. The monoisotopic (exact) mass is 263 g/mol. The minimum absolute atomic E-state index is 0.0744. The Morgan fingerprint density at radius 3 is 2.61 bits per heavy atom. The van der Waals surface area contributed by atoms with E-state index < -0.39 is 4.92 Å². The summed E-state index contributed by atoms with van der Waals surface area (Å²) in [7, 11) is 0. The highest BCUT2D eigenvalue weighted by Gasteiger charge is 2.18. The van der Waals surface area contributed by atoms with Crippen molar-refractivity contribution in [1.29, 1.82) is 0 Å². The van der Waals surface area contributed by atoms with Crippen molar-refractivity contribution in [1.82, 2.24) is 9.97 Å². The first kappa shape index (κ1) is 12.4. The van der Waals surface area contributed by atoms with Crippen molar-refractivity contribution in [3.05, 3.63) is 51.6 Å². The Labute approximate surface area is 109 Å². The van der Waals surface area contributed by atoms with E-state index in [1.54, 1.807) is 24.5 Å². The van der Waals surface area contributed by atoms with Crippen LogP contribution in [0.3, 0.4) is 0 Å². The molecule has 0 amide bonds. The van der Waals surface area contributed by atoms with Gasteiger partial charge in [-0.3, -0.25) is 15.1 Å². The highest BCUT2D eigenvalue weighted by Crippen LogP contribution is 2.31. The van der Waals surface area contributed by atoms with Gasteiger partial charge in [-0.2, -0.15) is 0 Å². The second-order valence-electron chi connectivity index (χ2n) is 3.64. The summed E-state index contributed by atoms with van der Waals surface area (Å²) in [4.78, 5) is 18.4. The average Bonchev–Trinajstić information content (AvgIpc) is 2.39. The molecule has 0 unspecified atom stereocenters. The van der Waals surface area contributed by atoms with Gasteiger partial charge in [0, 0.05) is 24.0 Å². The SMILES string of the molecule is CCc1nc(Cl)c([N+](=O)[O-])cc1-c1ccncc1. The quantitative estimate of drug-likeness (QED) is 0.484. The van der Waals surface area contributed by atoms with Crippen molar-refractivity contribution in [2.75, 3.05) is 0 Å². The molecule has 92 valence electrons. The summed E-state index contributed by atoms with van der Waals surface area (Å²) in [5.41, 5.74) is 2.11. The number of hydrogen-bond acceptors (Lipinski definition) is 4. The summed E-state index contributed by atoms with van der Waals surface area (Å²) in [6, 6.07) is 5.03. The van der Waals surface area contributed by atoms with Crippen LogP contribution in [0.15, 0.2) is 30.6 Å². The Balaban J connectivity index is 2.65. The first-order valence-electron chi connectivity index (χ1n) is 5.37. The number of nitrogens with zero attached hydrogens (tertiary/aromatic N) is 3. The van der Waals surface area contributed by atoms with Crippen LogP contribution in [-0.2, 0) is 6.42 Å². The molecule has 2 aromatic rings. The third-order valence-corrected chi connectivity index (χ3v) is 2.84. The Hall–Kier alpha value is -2.01. The van der Waals surface area contributed by atoms with Gasteiger partial charge >= 0.3 is 5.69 Å². The Bertz CT molecular complexity index is 587. The lowest BCUT2D eigenvalue weighted by atomic mass is 10.0. The van der Waals surface area contributed by atoms with Gasteiger partial charge in [0.25, 0.3) is 0 Å². The first-order chi connectivity index (χ1) is 8.63. The fraction of sp³-hybridized carbons (Fsp3) is 0.167. The zero-order chi connectivity index (χ0) is 13.1. The number of hydrogen-bond donors (Lipinski definition) is 0. The molecule has 0 radical (unpaired) electrons. The van der Waals surface area contributed by atoms with Crippen molar-refractivity contribution in [2.45, 2.75) is 13.3 Å². The maximum Gasteiger partial charge on any atom is 0.307 e. The second kappa shape index (κ2) is 5.10. The first-order valence-corrected chi connectivity index (χ1v) is 5.75. The van der Waals surface area contributed by atoms with Gasteiger partial charge in [-0.1, -0.05) is 18.5 Å². The average molecular weight is 264 g/mol. The van der Waals surface area contributed by atoms with Crippen LogP contribution in [-0.4, -0.2) is 14.9 Å². The van der Waals surface area contributed by atoms with Gasteiger partial charge in [0.15, 0.2) is 0 Å². The van der Waals surface area contributed by atoms with Gasteiger partial charge in [-0.05, 0) is 24.1 Å². The zero-order valence-corrected chi connectivity index (χ0v) is 10.4. The summed E-state index contributed by atoms with van der Waals surface area (Å²) < 4.78 is 0. The highest BCUT2D eigenvalue weighted by molar-refractivity contribution is 6.31. The molecule has 0 spiro atoms. The summed E-state index contributed by atoms with van der Waals surface area (Å²) in [5, 5.41) is 10.8. The molecular formula is C12H10ClN3O2. The molecule has 0 aliphatic rings. The minimum atomic E-state index is -0.528. The van der Waals surface area contributed by atoms with Gasteiger partial charge in [-0.15, -0.1) is 0 Å². The number of aryl methyl sites for hydroxylation is 1. The Morgan fingerprint density at radius 2 is 2.06 bits per heavy atom. The molecule has 0 atom stereocenters. The Morgan fingerprint density at radius 1 is 1.39 bits per heavy atom. The van der Waals surface area contributed by atoms with E-state index in [-0.39, 0.29) is 10.8 Å². The number of pyridine rings is 2. The molecule has 5 nitrogen and oxygen atoms in total. The van der Waals surface area contributed by atoms with Crippen LogP contribution < -0.4 is 0 Å². The standard InChI is InChI=1S/C12H10ClN3O2/c1-2-10-9(8-3-5-14-6-4-8)7-11(16(17)18)12(13)15-10/h3-7H,2H2,1H3. The molecule has 2 aromatic heterocycles. The topological polar surface area (TPSA) is 68.9 Å². The summed E-state index contributed by atoms with van der Waals surface area (Å²) >= 11 is 5.80. The number of rotatable bonds is 3. The van der Waals surface area contributed by atoms with Crippen LogP contribution in [0.5, 0.6) is 0 Å². The van der Waals surface area contributed by atoms with Gasteiger partial charge in [-0.25, -0.2) is 4.98 Å². The molecule has 0 saturated heterocycles. The van der Waals surface area contributed by atoms with Crippen molar-refractivity contribution in [3.63, 3.8) is 0 Å². The lowest BCUT2D eigenvalue weighted by Crippen LogP contribution is -1.98. The summed E-state index contributed by atoms with van der Waals surface area (Å²) in [5.74, 6) is 0. The van der Waals surface area contributed by atoms with Gasteiger partial charge in [0.05, 0.1) is 10.6 Å². The number of halogens is 1. The van der Waals surface area contributed by atoms with E-state index in [4.69, 9.17) is 11.6 Å². The molecule has 6 heteroatoms. The van der Waals surface area contributed by atoms with Gasteiger partial charge in [0.2, 0.25) is 5.15 Å². The van der Waals surface area contributed by atoms with E-state index in [1.807, 2.05) is 6.92 Å². The fourth-order valence-corrected chi connectivity index (χ4v) is 1.92. The van der Waals surface area contributed by atoms with Crippen LogP contribution >= 0.6 is 11.6 Å². The fourth-order valence-electron chi connectivity index (χ4n) is 1.69. The van der Waals surface area contributed by atoms with Crippen LogP contribution in [0.2, 0.25) is 5.15 Å². The van der Waals surface area contributed by atoms with Crippen molar-refractivity contribution in [2.24, 2.45) is 0 Å². The molecular weight excluding hydrogens is 254 g/mol. The largest absolute Gasteiger partial charge is 0.307 e. The van der Waals surface area contributed by atoms with E-state index in [9.17, 15) is 10.1 Å². The van der Waals surface area contributed by atoms with E-state index in [0.717, 1.165) is 16.8 Å². The number of nitro groups is 1. The minimum Gasteiger partial charge on any atom is -0.265 e. The second-order valence-corrected chi connectivity index (χ2v) is 4.00. The maximum atomic E-state index is 10.9. The highest BCUT2D eigenvalue weighted by atomic mass is 35.5. The molecule has 0 bridgehead atoms. The van der Waals surface area contributed by atoms with Crippen LogP contribution in [0.1, 0.15) is 12.6 Å². The third kappa shape index (κ3) is 2.31. The van der Waals surface area contributed by atoms with Crippen molar-refractivity contribution < 1.29 is 4.92 Å². The third-order valence-electron chi connectivity index (χ3n) is 2.56. The van der Waals surface area contributed by atoms with Crippen LogP contribution in [0.25, 0.3) is 11.1 Å². The Kier molecular flexibility index (Phi) is 3.53. The van der Waals surface area contributed by atoms with E-state index >= 15 is 0 Å². The predicted molar refractivity (Wildman–Crippen MR) is 68.5 cm³/mol. The molecule has 0 fully saturated rings. The van der Waals surface area contributed by atoms with Crippen LogP contribution in [0, 0.1) is 10.1 Å².